The van der Waals surface area contributed by atoms with Crippen LogP contribution in [0.25, 0.3) is 10.9 Å². The third-order valence-electron chi connectivity index (χ3n) is 7.04. The van der Waals surface area contributed by atoms with Crippen molar-refractivity contribution >= 4 is 23.0 Å². The van der Waals surface area contributed by atoms with Crippen molar-refractivity contribution in [2.45, 2.75) is 72.1 Å². The van der Waals surface area contributed by atoms with Gasteiger partial charge in [-0.25, -0.2) is 4.79 Å². The number of rotatable bonds is 12. The van der Waals surface area contributed by atoms with Crippen LogP contribution in [0.1, 0.15) is 52.5 Å². The monoisotopic (exact) mass is 473 g/mol. The number of carbonyl (C=O) groups excluding carboxylic acids is 1. The molecule has 3 rings (SSSR count). The van der Waals surface area contributed by atoms with Gasteiger partial charge >= 0.3 is 12.1 Å². The molecular weight excluding hydrogens is 434 g/mol. The van der Waals surface area contributed by atoms with Crippen LogP contribution in [-0.2, 0) is 27.2 Å². The van der Waals surface area contributed by atoms with Crippen LogP contribution < -0.4 is 5.32 Å². The molecule has 8 heteroatoms. The van der Waals surface area contributed by atoms with Crippen LogP contribution in [0.3, 0.4) is 0 Å². The van der Waals surface area contributed by atoms with Gasteiger partial charge in [-0.1, -0.05) is 39.8 Å². The average Bonchev–Trinajstić information content (AvgIpc) is 3.36. The van der Waals surface area contributed by atoms with Gasteiger partial charge in [0.1, 0.15) is 6.10 Å². The number of amides is 1. The van der Waals surface area contributed by atoms with Crippen molar-refractivity contribution in [3.05, 3.63) is 30.0 Å². The fourth-order valence-corrected chi connectivity index (χ4v) is 4.88. The predicted molar refractivity (Wildman–Crippen MR) is 131 cm³/mol. The third kappa shape index (κ3) is 6.50. The maximum atomic E-state index is 12.3. The van der Waals surface area contributed by atoms with Crippen molar-refractivity contribution < 1.29 is 24.2 Å². The molecule has 4 atom stereocenters. The zero-order chi connectivity index (χ0) is 24.8. The van der Waals surface area contributed by atoms with Crippen LogP contribution in [0.2, 0.25) is 0 Å². The molecule has 2 aromatic rings. The van der Waals surface area contributed by atoms with E-state index < -0.39 is 18.2 Å². The number of aromatic nitrogens is 2. The summed E-state index contributed by atoms with van der Waals surface area (Å²) in [6, 6.07) is 5.99. The Bertz CT molecular complexity index is 970. The lowest BCUT2D eigenvalue weighted by Crippen LogP contribution is -2.44. The van der Waals surface area contributed by atoms with E-state index in [0.717, 1.165) is 30.3 Å². The molecule has 34 heavy (non-hydrogen) atoms. The second kappa shape index (κ2) is 11.7. The number of nitrogens with one attached hydrogen (secondary N) is 1. The summed E-state index contributed by atoms with van der Waals surface area (Å²) in [7, 11) is 1.70. The second-order valence-electron chi connectivity index (χ2n) is 10.2. The lowest BCUT2D eigenvalue weighted by Gasteiger charge is -2.29. The first kappa shape index (κ1) is 26.0. The molecule has 0 bridgehead atoms. The Balaban J connectivity index is 1.76. The van der Waals surface area contributed by atoms with E-state index in [2.05, 4.69) is 42.5 Å². The van der Waals surface area contributed by atoms with E-state index in [0.29, 0.717) is 25.4 Å². The molecule has 0 saturated carbocycles. The van der Waals surface area contributed by atoms with Gasteiger partial charge in [-0.3, -0.25) is 9.48 Å². The molecular formula is C26H39N3O5. The van der Waals surface area contributed by atoms with Crippen molar-refractivity contribution in [2.24, 2.45) is 23.7 Å². The molecule has 2 heterocycles. The van der Waals surface area contributed by atoms with E-state index in [4.69, 9.17) is 9.47 Å². The Morgan fingerprint density at radius 2 is 2.09 bits per heavy atom. The van der Waals surface area contributed by atoms with Crippen molar-refractivity contribution in [1.29, 1.82) is 0 Å². The summed E-state index contributed by atoms with van der Waals surface area (Å²) in [4.78, 5) is 23.9. The number of carbonyl (C=O) groups is 2. The molecule has 0 unspecified atom stereocenters. The van der Waals surface area contributed by atoms with E-state index in [1.807, 2.05) is 24.7 Å². The van der Waals surface area contributed by atoms with Crippen LogP contribution in [0.4, 0.5) is 4.79 Å². The summed E-state index contributed by atoms with van der Waals surface area (Å²) < 4.78 is 12.8. The molecule has 2 N–H and O–H groups in total. The normalized spacial score (nSPS) is 20.1. The fourth-order valence-electron chi connectivity index (χ4n) is 4.88. The van der Waals surface area contributed by atoms with Crippen LogP contribution in [0.15, 0.2) is 24.4 Å². The summed E-state index contributed by atoms with van der Waals surface area (Å²) in [6.45, 7) is 9.81. The molecule has 0 radical (unpaired) electrons. The van der Waals surface area contributed by atoms with Crippen molar-refractivity contribution in [3.63, 3.8) is 0 Å². The minimum absolute atomic E-state index is 0.171. The topological polar surface area (TPSA) is 103 Å². The molecule has 1 aliphatic rings. The van der Waals surface area contributed by atoms with Gasteiger partial charge in [-0.05, 0) is 55.1 Å². The molecule has 1 amide bonds. The van der Waals surface area contributed by atoms with Crippen molar-refractivity contribution in [1.82, 2.24) is 15.1 Å². The molecule has 1 aromatic heterocycles. The number of nitrogens with zero attached hydrogens (tertiary/aromatic N) is 2. The number of methoxy groups -OCH3 is 1. The molecule has 0 aliphatic carbocycles. The van der Waals surface area contributed by atoms with Crippen molar-refractivity contribution in [3.8, 4) is 0 Å². The van der Waals surface area contributed by atoms with E-state index in [-0.39, 0.29) is 23.7 Å². The summed E-state index contributed by atoms with van der Waals surface area (Å²) in [5.41, 5.74) is 2.29. The van der Waals surface area contributed by atoms with Crippen LogP contribution in [0.5, 0.6) is 0 Å². The SMILES string of the molecule is COCCCn1ncc2ccc(C[C@@H](C[C@H](NC(=O)O)[C@@H]3C[C@@H](C(C)C)C(=O)O3)C(C)C)cc21. The second-order valence-corrected chi connectivity index (χ2v) is 10.2. The lowest BCUT2D eigenvalue weighted by molar-refractivity contribution is -0.146. The van der Waals surface area contributed by atoms with Crippen molar-refractivity contribution in [2.75, 3.05) is 13.7 Å². The quantitative estimate of drug-likeness (QED) is 0.348. The number of fused-ring (bicyclic) bond motifs is 1. The Morgan fingerprint density at radius 3 is 2.71 bits per heavy atom. The Labute approximate surface area is 202 Å². The average molecular weight is 474 g/mol. The maximum Gasteiger partial charge on any atom is 0.405 e. The summed E-state index contributed by atoms with van der Waals surface area (Å²) in [6.07, 6.45) is 3.24. The molecule has 1 fully saturated rings. The highest BCUT2D eigenvalue weighted by Crippen LogP contribution is 2.33. The Morgan fingerprint density at radius 1 is 1.32 bits per heavy atom. The van der Waals surface area contributed by atoms with Gasteiger partial charge < -0.3 is 19.9 Å². The number of hydrogen-bond donors (Lipinski definition) is 2. The highest BCUT2D eigenvalue weighted by Gasteiger charge is 2.41. The van der Waals surface area contributed by atoms with Gasteiger partial charge in [-0.15, -0.1) is 0 Å². The molecule has 188 valence electrons. The van der Waals surface area contributed by atoms with Gasteiger partial charge in [0.25, 0.3) is 0 Å². The minimum Gasteiger partial charge on any atom is -0.465 e. The largest absolute Gasteiger partial charge is 0.465 e. The lowest BCUT2D eigenvalue weighted by atomic mass is 9.81. The van der Waals surface area contributed by atoms with Gasteiger partial charge in [-0.2, -0.15) is 5.10 Å². The predicted octanol–water partition coefficient (Wildman–Crippen LogP) is 4.50. The summed E-state index contributed by atoms with van der Waals surface area (Å²) in [5, 5.41) is 17.7. The number of carboxylic acid groups (broad SMARTS) is 1. The van der Waals surface area contributed by atoms with Gasteiger partial charge in [0.2, 0.25) is 0 Å². The molecule has 0 spiro atoms. The number of aryl methyl sites for hydroxylation is 1. The third-order valence-corrected chi connectivity index (χ3v) is 7.04. The molecule has 1 aromatic carbocycles. The number of benzene rings is 1. The van der Waals surface area contributed by atoms with E-state index >= 15 is 0 Å². The molecule has 1 aliphatic heterocycles. The van der Waals surface area contributed by atoms with E-state index in [1.165, 1.54) is 5.56 Å². The highest BCUT2D eigenvalue weighted by molar-refractivity contribution is 5.79. The fraction of sp³-hybridized carbons (Fsp3) is 0.654. The summed E-state index contributed by atoms with van der Waals surface area (Å²) >= 11 is 0. The van der Waals surface area contributed by atoms with Gasteiger partial charge in [0.15, 0.2) is 0 Å². The smallest absolute Gasteiger partial charge is 0.405 e. The number of esters is 1. The van der Waals surface area contributed by atoms with Crippen LogP contribution in [0, 0.1) is 23.7 Å². The zero-order valence-corrected chi connectivity index (χ0v) is 21.0. The van der Waals surface area contributed by atoms with Crippen LogP contribution >= 0.6 is 0 Å². The number of ether oxygens (including phenoxy) is 2. The Hall–Kier alpha value is -2.61. The summed E-state index contributed by atoms with van der Waals surface area (Å²) in [5.74, 6) is 0.325. The highest BCUT2D eigenvalue weighted by atomic mass is 16.6. The van der Waals surface area contributed by atoms with Crippen LogP contribution in [-0.4, -0.2) is 52.8 Å². The van der Waals surface area contributed by atoms with Gasteiger partial charge in [0.05, 0.1) is 23.7 Å². The zero-order valence-electron chi connectivity index (χ0n) is 21.0. The maximum absolute atomic E-state index is 12.3. The van der Waals surface area contributed by atoms with E-state index in [1.54, 1.807) is 7.11 Å². The first-order valence-corrected chi connectivity index (χ1v) is 12.3. The first-order valence-electron chi connectivity index (χ1n) is 12.3. The number of hydrogen-bond acceptors (Lipinski definition) is 5. The minimum atomic E-state index is -1.09. The number of cyclic esters (lactones) is 1. The first-order chi connectivity index (χ1) is 16.2. The Kier molecular flexibility index (Phi) is 8.94. The standard InChI is InChI=1S/C26H39N3O5/c1-16(2)20(13-22(28-26(31)32)24-14-21(17(3)4)25(30)34-24)11-18-7-8-19-15-27-29(23(19)12-18)9-6-10-33-5/h7-8,12,15-17,20-22,24,28H,6,9-11,13-14H2,1-5H3,(H,31,32)/t20-,21-,22-,24-/m0/s1. The van der Waals surface area contributed by atoms with Gasteiger partial charge in [0, 0.05) is 25.6 Å². The molecule has 8 nitrogen and oxygen atoms in total. The molecule has 1 saturated heterocycles. The van der Waals surface area contributed by atoms with E-state index in [9.17, 15) is 14.7 Å².